The monoisotopic (exact) mass is 327 g/mol. The third-order valence-corrected chi connectivity index (χ3v) is 5.20. The molecule has 1 aliphatic rings. The van der Waals surface area contributed by atoms with E-state index in [1.807, 2.05) is 0 Å². The second-order valence-corrected chi connectivity index (χ2v) is 7.30. The van der Waals surface area contributed by atoms with Crippen molar-refractivity contribution >= 4 is 49.0 Å². The zero-order chi connectivity index (χ0) is 13.7. The van der Waals surface area contributed by atoms with Gasteiger partial charge in [-0.25, -0.2) is 4.31 Å². The van der Waals surface area contributed by atoms with Crippen LogP contribution in [0.3, 0.4) is 0 Å². The van der Waals surface area contributed by atoms with Gasteiger partial charge in [0, 0.05) is 10.7 Å². The third kappa shape index (κ3) is 1.99. The Balaban J connectivity index is 2.57. The Morgan fingerprint density at radius 2 is 1.94 bits per heavy atom. The Bertz CT molecular complexity index is 631. The van der Waals surface area contributed by atoms with Gasteiger partial charge < -0.3 is 0 Å². The van der Waals surface area contributed by atoms with Crippen LogP contribution < -0.4 is 0 Å². The van der Waals surface area contributed by atoms with E-state index in [9.17, 15) is 13.2 Å². The first-order valence-electron chi connectivity index (χ1n) is 4.90. The quantitative estimate of drug-likeness (QED) is 0.619. The Hall–Kier alpha value is -0.490. The van der Waals surface area contributed by atoms with E-state index in [1.54, 1.807) is 25.1 Å². The van der Waals surface area contributed by atoms with E-state index >= 15 is 0 Å². The van der Waals surface area contributed by atoms with Gasteiger partial charge in [0.1, 0.15) is 0 Å². The van der Waals surface area contributed by atoms with Crippen LogP contribution in [0.25, 0.3) is 0 Å². The molecule has 0 aromatic heterocycles. The summed E-state index contributed by atoms with van der Waals surface area (Å²) in [5.41, 5.74) is -0.625. The van der Waals surface area contributed by atoms with Crippen LogP contribution in [-0.4, -0.2) is 18.6 Å². The van der Waals surface area contributed by atoms with Gasteiger partial charge in [-0.05, 0) is 18.6 Å². The van der Waals surface area contributed by atoms with Gasteiger partial charge >= 0.3 is 9.24 Å². The molecule has 1 fully saturated rings. The number of amides is 1. The maximum atomic E-state index is 11.4. The van der Waals surface area contributed by atoms with Gasteiger partial charge in [0.05, 0.1) is 22.0 Å². The van der Waals surface area contributed by atoms with E-state index in [1.165, 1.54) is 0 Å². The summed E-state index contributed by atoms with van der Waals surface area (Å²) in [6, 6.07) is 4.84. The molecule has 1 saturated heterocycles. The van der Waals surface area contributed by atoms with E-state index in [0.717, 1.165) is 0 Å². The lowest BCUT2D eigenvalue weighted by atomic mass is 9.82. The van der Waals surface area contributed by atoms with Gasteiger partial charge in [0.2, 0.25) is 5.91 Å². The molecule has 98 valence electrons. The molecule has 1 aliphatic heterocycles. The van der Waals surface area contributed by atoms with Gasteiger partial charge in [-0.2, -0.15) is 8.42 Å². The SMILES string of the molecule is CC1(c2cccc(Cl)c2Cl)CC(=O)N1S(=O)(=O)Cl. The van der Waals surface area contributed by atoms with Crippen molar-refractivity contribution in [2.24, 2.45) is 0 Å². The van der Waals surface area contributed by atoms with Crippen LogP contribution in [0.5, 0.6) is 0 Å². The van der Waals surface area contributed by atoms with Crippen LogP contribution in [0.4, 0.5) is 0 Å². The first-order chi connectivity index (χ1) is 8.18. The van der Waals surface area contributed by atoms with E-state index in [2.05, 4.69) is 0 Å². The van der Waals surface area contributed by atoms with Crippen LogP contribution in [0, 0.1) is 0 Å². The molecule has 0 saturated carbocycles. The highest BCUT2D eigenvalue weighted by atomic mass is 35.7. The van der Waals surface area contributed by atoms with Crippen molar-refractivity contribution in [3.05, 3.63) is 33.8 Å². The van der Waals surface area contributed by atoms with Crippen molar-refractivity contribution < 1.29 is 13.2 Å². The first kappa shape index (κ1) is 13.9. The number of hydrogen-bond acceptors (Lipinski definition) is 3. The summed E-state index contributed by atoms with van der Waals surface area (Å²) in [6.07, 6.45) is 0.0129. The van der Waals surface area contributed by atoms with Gasteiger partial charge in [-0.1, -0.05) is 35.3 Å². The molecular formula is C10H8Cl3NO3S. The van der Waals surface area contributed by atoms with Crippen LogP contribution in [-0.2, 0) is 19.6 Å². The topological polar surface area (TPSA) is 54.5 Å². The zero-order valence-corrected chi connectivity index (χ0v) is 12.2. The average molecular weight is 329 g/mol. The number of carbonyl (C=O) groups excluding carboxylic acids is 1. The largest absolute Gasteiger partial charge is 0.324 e. The molecule has 0 aliphatic carbocycles. The minimum Gasteiger partial charge on any atom is -0.274 e. The highest BCUT2D eigenvalue weighted by Crippen LogP contribution is 2.47. The molecular weight excluding hydrogens is 321 g/mol. The highest BCUT2D eigenvalue weighted by molar-refractivity contribution is 8.12. The summed E-state index contributed by atoms with van der Waals surface area (Å²) < 4.78 is 23.4. The lowest BCUT2D eigenvalue weighted by Crippen LogP contribution is -2.60. The fourth-order valence-corrected chi connectivity index (χ4v) is 4.25. The van der Waals surface area contributed by atoms with Crippen molar-refractivity contribution in [3.63, 3.8) is 0 Å². The number of benzene rings is 1. The first-order valence-corrected chi connectivity index (χ1v) is 7.92. The Morgan fingerprint density at radius 3 is 2.44 bits per heavy atom. The molecule has 8 heteroatoms. The Kier molecular flexibility index (Phi) is 3.30. The van der Waals surface area contributed by atoms with Gasteiger partial charge in [0.15, 0.2) is 0 Å². The fraction of sp³-hybridized carbons (Fsp3) is 0.300. The van der Waals surface area contributed by atoms with Crippen LogP contribution in [0.2, 0.25) is 10.0 Å². The van der Waals surface area contributed by atoms with Gasteiger partial charge in [-0.15, -0.1) is 0 Å². The summed E-state index contributed by atoms with van der Waals surface area (Å²) in [4.78, 5) is 11.4. The molecule has 1 amide bonds. The van der Waals surface area contributed by atoms with E-state index < -0.39 is 20.7 Å². The second-order valence-electron chi connectivity index (χ2n) is 4.15. The number of carbonyl (C=O) groups is 1. The zero-order valence-electron chi connectivity index (χ0n) is 9.15. The molecule has 0 radical (unpaired) electrons. The van der Waals surface area contributed by atoms with Crippen molar-refractivity contribution in [1.29, 1.82) is 0 Å². The van der Waals surface area contributed by atoms with Crippen LogP contribution >= 0.6 is 33.9 Å². The van der Waals surface area contributed by atoms with E-state index in [4.69, 9.17) is 33.9 Å². The number of hydrogen-bond donors (Lipinski definition) is 0. The maximum absolute atomic E-state index is 11.4. The third-order valence-electron chi connectivity index (χ3n) is 2.92. The van der Waals surface area contributed by atoms with Crippen molar-refractivity contribution in [3.8, 4) is 0 Å². The lowest BCUT2D eigenvalue weighted by Gasteiger charge is -2.47. The predicted octanol–water partition coefficient (Wildman–Crippen LogP) is 2.92. The average Bonchev–Trinajstić information content (AvgIpc) is 2.18. The smallest absolute Gasteiger partial charge is 0.274 e. The van der Waals surface area contributed by atoms with Crippen molar-refractivity contribution in [2.75, 3.05) is 0 Å². The summed E-state index contributed by atoms with van der Waals surface area (Å²) in [6.45, 7) is 1.58. The molecule has 2 rings (SSSR count). The molecule has 1 aromatic rings. The highest BCUT2D eigenvalue weighted by Gasteiger charge is 2.55. The summed E-state index contributed by atoms with van der Waals surface area (Å²) in [5, 5.41) is 0.515. The molecule has 4 nitrogen and oxygen atoms in total. The summed E-state index contributed by atoms with van der Waals surface area (Å²) in [5.74, 6) is -0.566. The van der Waals surface area contributed by atoms with Crippen molar-refractivity contribution in [2.45, 2.75) is 18.9 Å². The van der Waals surface area contributed by atoms with E-state index in [-0.39, 0.29) is 11.4 Å². The number of nitrogens with zero attached hydrogens (tertiary/aromatic N) is 1. The summed E-state index contributed by atoms with van der Waals surface area (Å²) in [7, 11) is 1.11. The van der Waals surface area contributed by atoms with Crippen molar-refractivity contribution in [1.82, 2.24) is 4.31 Å². The second kappa shape index (κ2) is 4.27. The van der Waals surface area contributed by atoms with Gasteiger partial charge in [0.25, 0.3) is 0 Å². The normalized spacial score (nSPS) is 24.0. The Morgan fingerprint density at radius 1 is 1.33 bits per heavy atom. The van der Waals surface area contributed by atoms with E-state index in [0.29, 0.717) is 14.9 Å². The van der Waals surface area contributed by atoms with Gasteiger partial charge in [-0.3, -0.25) is 4.79 Å². The summed E-state index contributed by atoms with van der Waals surface area (Å²) >= 11 is 11.9. The predicted molar refractivity (Wildman–Crippen MR) is 70.0 cm³/mol. The lowest BCUT2D eigenvalue weighted by molar-refractivity contribution is -0.144. The number of halogens is 3. The molecule has 1 heterocycles. The number of rotatable bonds is 2. The molecule has 1 unspecified atom stereocenters. The fourth-order valence-electron chi connectivity index (χ4n) is 2.11. The van der Waals surface area contributed by atoms with Crippen LogP contribution in [0.15, 0.2) is 18.2 Å². The van der Waals surface area contributed by atoms with Crippen LogP contribution in [0.1, 0.15) is 18.9 Å². The molecule has 18 heavy (non-hydrogen) atoms. The Labute approximate surface area is 119 Å². The maximum Gasteiger partial charge on any atom is 0.324 e. The number of β-lactam (4-membered cyclic amide) rings is 1. The molecule has 1 atom stereocenters. The molecule has 1 aromatic carbocycles. The minimum absolute atomic E-state index is 0.0129. The minimum atomic E-state index is -4.15. The standard InChI is InChI=1S/C10H8Cl3NO3S/c1-10(5-8(15)14(10)18(13,16)17)6-3-2-4-7(11)9(6)12/h2-4H,5H2,1H3. The molecule has 0 bridgehead atoms. The molecule has 0 spiro atoms. The molecule has 0 N–H and O–H groups in total.